The maximum atomic E-state index is 12.6. The van der Waals surface area contributed by atoms with E-state index in [2.05, 4.69) is 24.3 Å². The average Bonchev–Trinajstić information content (AvgIpc) is 2.81. The van der Waals surface area contributed by atoms with Gasteiger partial charge in [0.25, 0.3) is 5.91 Å². The first-order valence-corrected chi connectivity index (χ1v) is 7.92. The van der Waals surface area contributed by atoms with Gasteiger partial charge in [0.1, 0.15) is 5.69 Å². The fourth-order valence-electron chi connectivity index (χ4n) is 2.55. The van der Waals surface area contributed by atoms with E-state index in [4.69, 9.17) is 5.11 Å². The van der Waals surface area contributed by atoms with E-state index >= 15 is 0 Å². The number of nitrogens with one attached hydrogen (secondary N) is 1. The van der Waals surface area contributed by atoms with Crippen LogP contribution in [0.3, 0.4) is 0 Å². The Labute approximate surface area is 127 Å². The molecule has 1 unspecified atom stereocenters. The SMILES string of the molecule is CCC(CC)n1nc(C)cc1C(=O)NC(CCO)C(C)C. The minimum Gasteiger partial charge on any atom is -0.396 e. The summed E-state index contributed by atoms with van der Waals surface area (Å²) in [5.74, 6) is 0.182. The van der Waals surface area contributed by atoms with E-state index in [9.17, 15) is 4.79 Å². The second kappa shape index (κ2) is 8.17. The molecule has 1 amide bonds. The van der Waals surface area contributed by atoms with Crippen molar-refractivity contribution in [2.45, 2.75) is 66.0 Å². The number of amides is 1. The molecule has 1 atom stereocenters. The minimum absolute atomic E-state index is 0.0205. The van der Waals surface area contributed by atoms with E-state index in [0.717, 1.165) is 18.5 Å². The van der Waals surface area contributed by atoms with Crippen molar-refractivity contribution in [3.8, 4) is 0 Å². The van der Waals surface area contributed by atoms with E-state index < -0.39 is 0 Å². The lowest BCUT2D eigenvalue weighted by Gasteiger charge is -2.23. The van der Waals surface area contributed by atoms with E-state index in [1.54, 1.807) is 0 Å². The fourth-order valence-corrected chi connectivity index (χ4v) is 2.55. The van der Waals surface area contributed by atoms with Gasteiger partial charge in [0.15, 0.2) is 0 Å². The first kappa shape index (κ1) is 17.7. The zero-order valence-electron chi connectivity index (χ0n) is 13.9. The Hall–Kier alpha value is -1.36. The van der Waals surface area contributed by atoms with Crippen LogP contribution in [0.15, 0.2) is 6.07 Å². The molecule has 1 aromatic heterocycles. The van der Waals surface area contributed by atoms with E-state index in [1.807, 2.05) is 31.5 Å². The second-order valence-corrected chi connectivity index (χ2v) is 5.92. The highest BCUT2D eigenvalue weighted by molar-refractivity contribution is 5.93. The molecule has 0 aliphatic rings. The van der Waals surface area contributed by atoms with Crippen LogP contribution in [0.1, 0.15) is 69.2 Å². The molecule has 0 aromatic carbocycles. The molecule has 0 radical (unpaired) electrons. The molecule has 2 N–H and O–H groups in total. The normalized spacial score (nSPS) is 13.0. The maximum Gasteiger partial charge on any atom is 0.269 e. The van der Waals surface area contributed by atoms with Gasteiger partial charge in [-0.25, -0.2) is 0 Å². The molecule has 21 heavy (non-hydrogen) atoms. The first-order chi connectivity index (χ1) is 9.94. The largest absolute Gasteiger partial charge is 0.396 e. The third-order valence-corrected chi connectivity index (χ3v) is 3.94. The summed E-state index contributed by atoms with van der Waals surface area (Å²) >= 11 is 0. The number of carbonyl (C=O) groups excluding carboxylic acids is 1. The number of aromatic nitrogens is 2. The van der Waals surface area contributed by atoms with Crippen LogP contribution in [-0.4, -0.2) is 33.4 Å². The Morgan fingerprint density at radius 2 is 2.00 bits per heavy atom. The summed E-state index contributed by atoms with van der Waals surface area (Å²) in [5, 5.41) is 16.6. The lowest BCUT2D eigenvalue weighted by Crippen LogP contribution is -2.40. The van der Waals surface area contributed by atoms with Gasteiger partial charge in [-0.2, -0.15) is 5.10 Å². The lowest BCUT2D eigenvalue weighted by molar-refractivity contribution is 0.0902. The summed E-state index contributed by atoms with van der Waals surface area (Å²) in [6, 6.07) is 2.06. The van der Waals surface area contributed by atoms with Crippen LogP contribution in [0.5, 0.6) is 0 Å². The van der Waals surface area contributed by atoms with Gasteiger partial charge in [-0.05, 0) is 38.2 Å². The number of hydrogen-bond donors (Lipinski definition) is 2. The number of rotatable bonds is 8. The van der Waals surface area contributed by atoms with E-state index in [1.165, 1.54) is 0 Å². The quantitative estimate of drug-likeness (QED) is 0.775. The predicted molar refractivity (Wildman–Crippen MR) is 84.4 cm³/mol. The van der Waals surface area contributed by atoms with Crippen molar-refractivity contribution >= 4 is 5.91 Å². The Morgan fingerprint density at radius 1 is 1.38 bits per heavy atom. The van der Waals surface area contributed by atoms with Gasteiger partial charge in [-0.3, -0.25) is 9.48 Å². The monoisotopic (exact) mass is 295 g/mol. The number of hydrogen-bond acceptors (Lipinski definition) is 3. The third kappa shape index (κ3) is 4.56. The summed E-state index contributed by atoms with van der Waals surface area (Å²) < 4.78 is 1.85. The van der Waals surface area contributed by atoms with E-state index in [0.29, 0.717) is 12.1 Å². The lowest BCUT2D eigenvalue weighted by atomic mass is 10.0. The first-order valence-electron chi connectivity index (χ1n) is 7.92. The minimum atomic E-state index is -0.102. The Balaban J connectivity index is 2.96. The smallest absolute Gasteiger partial charge is 0.269 e. The molecular weight excluding hydrogens is 266 g/mol. The summed E-state index contributed by atoms with van der Waals surface area (Å²) in [4.78, 5) is 12.6. The summed E-state index contributed by atoms with van der Waals surface area (Å²) in [7, 11) is 0. The van der Waals surface area contributed by atoms with Gasteiger partial charge < -0.3 is 10.4 Å². The highest BCUT2D eigenvalue weighted by Gasteiger charge is 2.22. The fraction of sp³-hybridized carbons (Fsp3) is 0.750. The Morgan fingerprint density at radius 3 is 2.48 bits per heavy atom. The van der Waals surface area contributed by atoms with Crippen molar-refractivity contribution in [3.63, 3.8) is 0 Å². The Bertz CT molecular complexity index is 450. The molecule has 1 heterocycles. The van der Waals surface area contributed by atoms with Crippen LogP contribution in [-0.2, 0) is 0 Å². The average molecular weight is 295 g/mol. The van der Waals surface area contributed by atoms with Crippen LogP contribution in [0.4, 0.5) is 0 Å². The van der Waals surface area contributed by atoms with Crippen molar-refractivity contribution in [2.75, 3.05) is 6.61 Å². The molecule has 120 valence electrons. The summed E-state index contributed by atoms with van der Waals surface area (Å²) in [6.45, 7) is 10.3. The highest BCUT2D eigenvalue weighted by atomic mass is 16.3. The van der Waals surface area contributed by atoms with Gasteiger partial charge in [-0.15, -0.1) is 0 Å². The molecule has 0 bridgehead atoms. The third-order valence-electron chi connectivity index (χ3n) is 3.94. The molecule has 1 rings (SSSR count). The molecule has 5 heteroatoms. The number of aliphatic hydroxyl groups is 1. The van der Waals surface area contributed by atoms with E-state index in [-0.39, 0.29) is 30.5 Å². The van der Waals surface area contributed by atoms with Crippen molar-refractivity contribution in [2.24, 2.45) is 5.92 Å². The molecule has 0 saturated heterocycles. The zero-order chi connectivity index (χ0) is 16.0. The maximum absolute atomic E-state index is 12.6. The highest BCUT2D eigenvalue weighted by Crippen LogP contribution is 2.19. The summed E-state index contributed by atoms with van der Waals surface area (Å²) in [6.07, 6.45) is 2.46. The van der Waals surface area contributed by atoms with Crippen molar-refractivity contribution in [1.29, 1.82) is 0 Å². The van der Waals surface area contributed by atoms with Gasteiger partial charge >= 0.3 is 0 Å². The number of aliphatic hydroxyl groups excluding tert-OH is 1. The molecule has 1 aromatic rings. The predicted octanol–water partition coefficient (Wildman–Crippen LogP) is 2.69. The van der Waals surface area contributed by atoms with Crippen LogP contribution in [0.2, 0.25) is 0 Å². The van der Waals surface area contributed by atoms with Crippen LogP contribution in [0.25, 0.3) is 0 Å². The topological polar surface area (TPSA) is 67.2 Å². The molecular formula is C16H29N3O2. The molecule has 0 saturated carbocycles. The number of aryl methyl sites for hydroxylation is 1. The standard InChI is InChI=1S/C16H29N3O2/c1-6-13(7-2)19-15(10-12(5)18-19)16(21)17-14(8-9-20)11(3)4/h10-11,13-14,20H,6-9H2,1-5H3,(H,17,21). The van der Waals surface area contributed by atoms with Crippen molar-refractivity contribution in [3.05, 3.63) is 17.5 Å². The number of carbonyl (C=O) groups is 1. The molecule has 0 spiro atoms. The molecule has 0 aliphatic carbocycles. The number of nitrogens with zero attached hydrogens (tertiary/aromatic N) is 2. The van der Waals surface area contributed by atoms with Crippen LogP contribution >= 0.6 is 0 Å². The van der Waals surface area contributed by atoms with Gasteiger partial charge in [0.05, 0.1) is 11.7 Å². The van der Waals surface area contributed by atoms with Crippen molar-refractivity contribution < 1.29 is 9.90 Å². The van der Waals surface area contributed by atoms with Crippen LogP contribution < -0.4 is 5.32 Å². The molecule has 0 aliphatic heterocycles. The van der Waals surface area contributed by atoms with Crippen LogP contribution in [0, 0.1) is 12.8 Å². The second-order valence-electron chi connectivity index (χ2n) is 5.92. The zero-order valence-corrected chi connectivity index (χ0v) is 13.9. The Kier molecular flexibility index (Phi) is 6.89. The van der Waals surface area contributed by atoms with Gasteiger partial charge in [0, 0.05) is 12.6 Å². The van der Waals surface area contributed by atoms with Crippen molar-refractivity contribution in [1.82, 2.24) is 15.1 Å². The molecule has 0 fully saturated rings. The van der Waals surface area contributed by atoms with Gasteiger partial charge in [-0.1, -0.05) is 27.7 Å². The molecule has 5 nitrogen and oxygen atoms in total. The van der Waals surface area contributed by atoms with Gasteiger partial charge in [0.2, 0.25) is 0 Å². The summed E-state index contributed by atoms with van der Waals surface area (Å²) in [5.41, 5.74) is 1.47.